The number of nitrogens with one attached hydrogen (secondary N) is 2. The van der Waals surface area contributed by atoms with E-state index in [0.29, 0.717) is 29.2 Å². The minimum Gasteiger partial charge on any atom is -0.326 e. The fraction of sp³-hybridized carbons (Fsp3) is 0.611. The lowest BCUT2D eigenvalue weighted by atomic mass is 9.97. The molecule has 0 atom stereocenters. The van der Waals surface area contributed by atoms with E-state index in [0.717, 1.165) is 45.2 Å². The first-order chi connectivity index (χ1) is 12.0. The van der Waals surface area contributed by atoms with Crippen LogP contribution in [-0.2, 0) is 14.8 Å². The van der Waals surface area contributed by atoms with Gasteiger partial charge in [0.1, 0.15) is 0 Å². The number of hydrogen-bond acceptors (Lipinski definition) is 4. The largest absolute Gasteiger partial charge is 0.326 e. The predicted molar refractivity (Wildman–Crippen MR) is 98.0 cm³/mol. The predicted octanol–water partition coefficient (Wildman–Crippen LogP) is 2.11. The number of amides is 1. The smallest absolute Gasteiger partial charge is 0.243 e. The van der Waals surface area contributed by atoms with Crippen LogP contribution in [0.4, 0.5) is 5.69 Å². The Morgan fingerprint density at radius 2 is 1.84 bits per heavy atom. The van der Waals surface area contributed by atoms with Crippen molar-refractivity contribution >= 4 is 21.6 Å². The molecule has 0 unspecified atom stereocenters. The summed E-state index contributed by atoms with van der Waals surface area (Å²) < 4.78 is 27.5. The van der Waals surface area contributed by atoms with Gasteiger partial charge in [-0.1, -0.05) is 12.5 Å². The number of nitrogens with zero attached hydrogens (tertiary/aromatic N) is 1. The van der Waals surface area contributed by atoms with Crippen LogP contribution in [-0.4, -0.2) is 44.8 Å². The average molecular weight is 365 g/mol. The number of anilines is 1. The van der Waals surface area contributed by atoms with Gasteiger partial charge in [-0.25, -0.2) is 8.42 Å². The molecule has 2 saturated heterocycles. The average Bonchev–Trinajstić information content (AvgIpc) is 2.64. The highest BCUT2D eigenvalue weighted by Gasteiger charge is 2.28. The zero-order chi connectivity index (χ0) is 17.9. The van der Waals surface area contributed by atoms with Gasteiger partial charge in [0.25, 0.3) is 0 Å². The van der Waals surface area contributed by atoms with Crippen LogP contribution >= 0.6 is 0 Å². The topological polar surface area (TPSA) is 78.5 Å². The van der Waals surface area contributed by atoms with Crippen molar-refractivity contribution in [1.29, 1.82) is 0 Å². The monoisotopic (exact) mass is 365 g/mol. The first-order valence-corrected chi connectivity index (χ1v) is 10.5. The number of rotatable bonds is 4. The number of aryl methyl sites for hydroxylation is 1. The number of sulfonamides is 1. The van der Waals surface area contributed by atoms with Gasteiger partial charge >= 0.3 is 0 Å². The number of piperidine rings is 2. The molecule has 0 bridgehead atoms. The lowest BCUT2D eigenvalue weighted by molar-refractivity contribution is -0.120. The number of carbonyl (C=O) groups excluding carboxylic acids is 1. The molecule has 2 aliphatic heterocycles. The van der Waals surface area contributed by atoms with E-state index in [4.69, 9.17) is 0 Å². The van der Waals surface area contributed by atoms with Crippen molar-refractivity contribution in [2.24, 2.45) is 5.92 Å². The molecule has 2 aliphatic rings. The lowest BCUT2D eigenvalue weighted by Gasteiger charge is -2.27. The second-order valence-electron chi connectivity index (χ2n) is 6.96. The summed E-state index contributed by atoms with van der Waals surface area (Å²) in [5, 5.41) is 6.15. The van der Waals surface area contributed by atoms with Crippen LogP contribution in [0, 0.1) is 12.8 Å². The maximum absolute atomic E-state index is 13.0. The molecule has 2 fully saturated rings. The third-order valence-corrected chi connectivity index (χ3v) is 7.14. The molecular formula is C18H27N3O3S. The van der Waals surface area contributed by atoms with E-state index in [1.165, 1.54) is 0 Å². The SMILES string of the molecule is Cc1ccc(NC(=O)C2CCNCC2)cc1S(=O)(=O)N1CCCCC1. The van der Waals surface area contributed by atoms with Crippen molar-refractivity contribution in [3.63, 3.8) is 0 Å². The van der Waals surface area contributed by atoms with E-state index < -0.39 is 10.0 Å². The molecule has 2 heterocycles. The van der Waals surface area contributed by atoms with E-state index in [9.17, 15) is 13.2 Å². The van der Waals surface area contributed by atoms with Crippen LogP contribution in [0.25, 0.3) is 0 Å². The van der Waals surface area contributed by atoms with Gasteiger partial charge in [0.15, 0.2) is 0 Å². The molecule has 0 radical (unpaired) electrons. The van der Waals surface area contributed by atoms with Gasteiger partial charge in [-0.15, -0.1) is 0 Å². The molecule has 2 N–H and O–H groups in total. The lowest BCUT2D eigenvalue weighted by Crippen LogP contribution is -2.36. The van der Waals surface area contributed by atoms with Crippen LogP contribution < -0.4 is 10.6 Å². The molecule has 0 aliphatic carbocycles. The standard InChI is InChI=1S/C18H27N3O3S/c1-14-5-6-16(20-18(22)15-7-9-19-10-8-15)13-17(14)25(23,24)21-11-3-2-4-12-21/h5-6,13,15,19H,2-4,7-12H2,1H3,(H,20,22). The summed E-state index contributed by atoms with van der Waals surface area (Å²) in [6.45, 7) is 4.65. The van der Waals surface area contributed by atoms with E-state index in [2.05, 4.69) is 10.6 Å². The number of benzene rings is 1. The highest BCUT2D eigenvalue weighted by molar-refractivity contribution is 7.89. The van der Waals surface area contributed by atoms with E-state index >= 15 is 0 Å². The number of hydrogen-bond donors (Lipinski definition) is 2. The molecule has 7 heteroatoms. The third kappa shape index (κ3) is 4.22. The summed E-state index contributed by atoms with van der Waals surface area (Å²) in [6.07, 6.45) is 4.53. The summed E-state index contributed by atoms with van der Waals surface area (Å²) >= 11 is 0. The zero-order valence-corrected chi connectivity index (χ0v) is 15.6. The fourth-order valence-electron chi connectivity index (χ4n) is 3.53. The van der Waals surface area contributed by atoms with Crippen LogP contribution in [0.3, 0.4) is 0 Å². The van der Waals surface area contributed by atoms with Crippen molar-refractivity contribution in [1.82, 2.24) is 9.62 Å². The van der Waals surface area contributed by atoms with Crippen molar-refractivity contribution in [2.45, 2.75) is 43.9 Å². The minimum atomic E-state index is -3.50. The van der Waals surface area contributed by atoms with Crippen molar-refractivity contribution < 1.29 is 13.2 Å². The molecule has 1 aromatic carbocycles. The van der Waals surface area contributed by atoms with E-state index in [1.54, 1.807) is 29.4 Å². The van der Waals surface area contributed by atoms with E-state index in [1.807, 2.05) is 0 Å². The Hall–Kier alpha value is -1.44. The van der Waals surface area contributed by atoms with Crippen LogP contribution in [0.2, 0.25) is 0 Å². The quantitative estimate of drug-likeness (QED) is 0.857. The molecule has 6 nitrogen and oxygen atoms in total. The first-order valence-electron chi connectivity index (χ1n) is 9.11. The summed E-state index contributed by atoms with van der Waals surface area (Å²) in [5.41, 5.74) is 1.27. The van der Waals surface area contributed by atoms with Gasteiger partial charge in [0.05, 0.1) is 4.90 Å². The Bertz CT molecular complexity index is 721. The second-order valence-corrected chi connectivity index (χ2v) is 8.86. The van der Waals surface area contributed by atoms with Gasteiger partial charge < -0.3 is 10.6 Å². The van der Waals surface area contributed by atoms with Gasteiger partial charge in [-0.05, 0) is 63.4 Å². The van der Waals surface area contributed by atoms with Crippen molar-refractivity contribution in [2.75, 3.05) is 31.5 Å². The van der Waals surface area contributed by atoms with Gasteiger partial charge in [0, 0.05) is 24.7 Å². The number of carbonyl (C=O) groups is 1. The molecule has 1 amide bonds. The molecule has 138 valence electrons. The summed E-state index contributed by atoms with van der Waals surface area (Å²) in [5.74, 6) is -0.0311. The maximum Gasteiger partial charge on any atom is 0.243 e. The molecule has 3 rings (SSSR count). The van der Waals surface area contributed by atoms with Crippen molar-refractivity contribution in [3.05, 3.63) is 23.8 Å². The van der Waals surface area contributed by atoms with Gasteiger partial charge in [-0.2, -0.15) is 4.31 Å². The molecule has 1 aromatic rings. The zero-order valence-electron chi connectivity index (χ0n) is 14.8. The summed E-state index contributed by atoms with van der Waals surface area (Å²) in [4.78, 5) is 12.7. The normalized spacial score (nSPS) is 20.4. The van der Waals surface area contributed by atoms with E-state index in [-0.39, 0.29) is 11.8 Å². The Morgan fingerprint density at radius 3 is 2.52 bits per heavy atom. The Kier molecular flexibility index (Phi) is 5.76. The van der Waals surface area contributed by atoms with Crippen LogP contribution in [0.1, 0.15) is 37.7 Å². The van der Waals surface area contributed by atoms with Crippen molar-refractivity contribution in [3.8, 4) is 0 Å². The Labute approximate surface area is 150 Å². The second kappa shape index (κ2) is 7.85. The molecule has 0 spiro atoms. The highest BCUT2D eigenvalue weighted by atomic mass is 32.2. The van der Waals surface area contributed by atoms with Crippen LogP contribution in [0.5, 0.6) is 0 Å². The summed E-state index contributed by atoms with van der Waals surface area (Å²) in [7, 11) is -3.50. The van der Waals surface area contributed by atoms with Gasteiger partial charge in [-0.3, -0.25) is 4.79 Å². The summed E-state index contributed by atoms with van der Waals surface area (Å²) in [6, 6.07) is 5.16. The van der Waals surface area contributed by atoms with Crippen LogP contribution in [0.15, 0.2) is 23.1 Å². The first kappa shape index (κ1) is 18.4. The fourth-order valence-corrected chi connectivity index (χ4v) is 5.30. The molecule has 0 saturated carbocycles. The molecule has 25 heavy (non-hydrogen) atoms. The highest BCUT2D eigenvalue weighted by Crippen LogP contribution is 2.26. The molecular weight excluding hydrogens is 338 g/mol. The van der Waals surface area contributed by atoms with Gasteiger partial charge in [0.2, 0.25) is 15.9 Å². The Balaban J connectivity index is 1.79. The minimum absolute atomic E-state index is 0.00953. The Morgan fingerprint density at radius 1 is 1.16 bits per heavy atom. The molecule has 0 aromatic heterocycles. The maximum atomic E-state index is 13.0. The third-order valence-electron chi connectivity index (χ3n) is 5.10.